The Morgan fingerprint density at radius 2 is 1.76 bits per heavy atom. The number of hydrogen-bond acceptors (Lipinski definition) is 2. The predicted octanol–water partition coefficient (Wildman–Crippen LogP) is 2.36. The Kier molecular flexibility index (Phi) is 4.04. The van der Waals surface area contributed by atoms with E-state index >= 15 is 0 Å². The Hall–Kier alpha value is -2.10. The molecule has 0 saturated carbocycles. The molecule has 0 fully saturated rings. The fraction of sp³-hybridized carbons (Fsp3) is 0.231. The summed E-state index contributed by atoms with van der Waals surface area (Å²) in [6, 6.07) is 7.17. The molecule has 1 aromatic carbocycles. The van der Waals surface area contributed by atoms with Gasteiger partial charge in [-0.25, -0.2) is 9.59 Å². The van der Waals surface area contributed by atoms with Crippen LogP contribution >= 0.6 is 0 Å². The number of benzene rings is 1. The molecule has 4 nitrogen and oxygen atoms in total. The van der Waals surface area contributed by atoms with Crippen molar-refractivity contribution >= 4 is 18.0 Å². The third-order valence-corrected chi connectivity index (χ3v) is 2.35. The van der Waals surface area contributed by atoms with E-state index in [0.717, 1.165) is 11.6 Å². The van der Waals surface area contributed by atoms with Crippen molar-refractivity contribution < 1.29 is 19.8 Å². The zero-order valence-electron chi connectivity index (χ0n) is 9.68. The minimum atomic E-state index is -1.44. The molecule has 90 valence electrons. The first-order valence-corrected chi connectivity index (χ1v) is 5.20. The molecular formula is C13H14O4. The summed E-state index contributed by atoms with van der Waals surface area (Å²) >= 11 is 0. The lowest BCUT2D eigenvalue weighted by Crippen LogP contribution is -2.10. The average molecular weight is 234 g/mol. The van der Waals surface area contributed by atoms with Crippen molar-refractivity contribution in [1.82, 2.24) is 0 Å². The van der Waals surface area contributed by atoms with Crippen LogP contribution in [0.15, 0.2) is 29.8 Å². The van der Waals surface area contributed by atoms with Gasteiger partial charge in [-0.15, -0.1) is 0 Å². The molecule has 0 radical (unpaired) electrons. The van der Waals surface area contributed by atoms with Gasteiger partial charge in [0.1, 0.15) is 5.57 Å². The Morgan fingerprint density at radius 1 is 1.18 bits per heavy atom. The van der Waals surface area contributed by atoms with Crippen LogP contribution in [-0.4, -0.2) is 22.2 Å². The third kappa shape index (κ3) is 3.45. The number of rotatable bonds is 4. The molecule has 17 heavy (non-hydrogen) atoms. The van der Waals surface area contributed by atoms with Gasteiger partial charge in [0.15, 0.2) is 0 Å². The van der Waals surface area contributed by atoms with Gasteiger partial charge in [0, 0.05) is 0 Å². The van der Waals surface area contributed by atoms with Gasteiger partial charge < -0.3 is 10.2 Å². The summed E-state index contributed by atoms with van der Waals surface area (Å²) in [7, 11) is 0. The van der Waals surface area contributed by atoms with Crippen molar-refractivity contribution in [1.29, 1.82) is 0 Å². The van der Waals surface area contributed by atoms with E-state index in [2.05, 4.69) is 0 Å². The SMILES string of the molecule is CC(C)c1cccc(C=C(C(=O)O)C(=O)O)c1. The molecule has 0 aromatic heterocycles. The number of carboxylic acids is 2. The summed E-state index contributed by atoms with van der Waals surface area (Å²) < 4.78 is 0. The molecule has 2 N–H and O–H groups in total. The highest BCUT2D eigenvalue weighted by Crippen LogP contribution is 2.17. The third-order valence-electron chi connectivity index (χ3n) is 2.35. The maximum atomic E-state index is 10.7. The molecule has 0 saturated heterocycles. The zero-order chi connectivity index (χ0) is 13.0. The van der Waals surface area contributed by atoms with Crippen molar-refractivity contribution in [3.8, 4) is 0 Å². The maximum Gasteiger partial charge on any atom is 0.343 e. The van der Waals surface area contributed by atoms with Crippen molar-refractivity contribution in [2.45, 2.75) is 19.8 Å². The average Bonchev–Trinajstić information content (AvgIpc) is 2.25. The second kappa shape index (κ2) is 5.30. The molecule has 0 heterocycles. The van der Waals surface area contributed by atoms with E-state index in [1.807, 2.05) is 19.9 Å². The van der Waals surface area contributed by atoms with E-state index in [9.17, 15) is 9.59 Å². The fourth-order valence-electron chi connectivity index (χ4n) is 1.39. The molecule has 0 aliphatic rings. The number of hydrogen-bond donors (Lipinski definition) is 2. The number of aliphatic carboxylic acids is 2. The van der Waals surface area contributed by atoms with Crippen LogP contribution in [0.1, 0.15) is 30.9 Å². The van der Waals surface area contributed by atoms with Crippen molar-refractivity contribution in [2.24, 2.45) is 0 Å². The highest BCUT2D eigenvalue weighted by molar-refractivity contribution is 6.16. The Labute approximate surface area is 99.2 Å². The van der Waals surface area contributed by atoms with Gasteiger partial charge in [0.25, 0.3) is 0 Å². The van der Waals surface area contributed by atoms with Crippen LogP contribution in [0.25, 0.3) is 6.08 Å². The van der Waals surface area contributed by atoms with Crippen molar-refractivity contribution in [2.75, 3.05) is 0 Å². The quantitative estimate of drug-likeness (QED) is 0.476. The van der Waals surface area contributed by atoms with Crippen LogP contribution in [0.4, 0.5) is 0 Å². The molecule has 1 rings (SSSR count). The molecule has 0 aliphatic carbocycles. The molecule has 0 atom stereocenters. The summed E-state index contributed by atoms with van der Waals surface area (Å²) in [5.74, 6) is -2.57. The second-order valence-corrected chi connectivity index (χ2v) is 3.99. The van der Waals surface area contributed by atoms with Gasteiger partial charge in [-0.05, 0) is 23.1 Å². The Balaban J connectivity index is 3.16. The van der Waals surface area contributed by atoms with E-state index < -0.39 is 17.5 Å². The van der Waals surface area contributed by atoms with Crippen LogP contribution in [0.2, 0.25) is 0 Å². The van der Waals surface area contributed by atoms with Gasteiger partial charge >= 0.3 is 11.9 Å². The molecular weight excluding hydrogens is 220 g/mol. The zero-order valence-corrected chi connectivity index (χ0v) is 9.68. The van der Waals surface area contributed by atoms with Gasteiger partial charge in [-0.2, -0.15) is 0 Å². The number of carboxylic acid groups (broad SMARTS) is 2. The summed E-state index contributed by atoms with van der Waals surface area (Å²) in [5, 5.41) is 17.5. The van der Waals surface area contributed by atoms with Crippen LogP contribution in [-0.2, 0) is 9.59 Å². The molecule has 0 spiro atoms. The lowest BCUT2D eigenvalue weighted by Gasteiger charge is -2.06. The normalized spacial score (nSPS) is 10.1. The monoisotopic (exact) mass is 234 g/mol. The summed E-state index contributed by atoms with van der Waals surface area (Å²) in [5.41, 5.74) is 0.982. The predicted molar refractivity (Wildman–Crippen MR) is 63.8 cm³/mol. The van der Waals surface area contributed by atoms with E-state index in [1.54, 1.807) is 18.2 Å². The van der Waals surface area contributed by atoms with Crippen molar-refractivity contribution in [3.05, 3.63) is 41.0 Å². The van der Waals surface area contributed by atoms with E-state index in [4.69, 9.17) is 10.2 Å². The fourth-order valence-corrected chi connectivity index (χ4v) is 1.39. The second-order valence-electron chi connectivity index (χ2n) is 3.99. The molecule has 1 aromatic rings. The highest BCUT2D eigenvalue weighted by Gasteiger charge is 2.15. The standard InChI is InChI=1S/C13H14O4/c1-8(2)10-5-3-4-9(6-10)7-11(12(14)15)13(16)17/h3-8H,1-2H3,(H,14,15)(H,16,17). The van der Waals surface area contributed by atoms with Crippen molar-refractivity contribution in [3.63, 3.8) is 0 Å². The molecule has 0 amide bonds. The first kappa shape index (κ1) is 13.0. The summed E-state index contributed by atoms with van der Waals surface area (Å²) in [6.07, 6.45) is 1.16. The largest absolute Gasteiger partial charge is 0.477 e. The molecule has 0 bridgehead atoms. The minimum absolute atomic E-state index is 0.307. The van der Waals surface area contributed by atoms with E-state index in [1.165, 1.54) is 0 Å². The van der Waals surface area contributed by atoms with Gasteiger partial charge in [0.2, 0.25) is 0 Å². The lowest BCUT2D eigenvalue weighted by molar-refractivity contribution is -0.139. The maximum absolute atomic E-state index is 10.7. The molecule has 0 aliphatic heterocycles. The summed E-state index contributed by atoms with van der Waals surface area (Å²) in [4.78, 5) is 21.4. The van der Waals surface area contributed by atoms with Crippen LogP contribution < -0.4 is 0 Å². The Bertz CT molecular complexity index is 456. The Morgan fingerprint density at radius 3 is 2.24 bits per heavy atom. The minimum Gasteiger partial charge on any atom is -0.477 e. The smallest absolute Gasteiger partial charge is 0.343 e. The number of carbonyl (C=O) groups is 2. The van der Waals surface area contributed by atoms with Crippen LogP contribution in [0.5, 0.6) is 0 Å². The molecule has 4 heteroatoms. The lowest BCUT2D eigenvalue weighted by atomic mass is 10.00. The van der Waals surface area contributed by atoms with Gasteiger partial charge in [0.05, 0.1) is 0 Å². The van der Waals surface area contributed by atoms with Gasteiger partial charge in [-0.3, -0.25) is 0 Å². The van der Waals surface area contributed by atoms with Gasteiger partial charge in [-0.1, -0.05) is 38.1 Å². The topological polar surface area (TPSA) is 74.6 Å². The van der Waals surface area contributed by atoms with E-state index in [0.29, 0.717) is 11.5 Å². The van der Waals surface area contributed by atoms with E-state index in [-0.39, 0.29) is 0 Å². The first-order valence-electron chi connectivity index (χ1n) is 5.20. The van der Waals surface area contributed by atoms with Crippen LogP contribution in [0.3, 0.4) is 0 Å². The highest BCUT2D eigenvalue weighted by atomic mass is 16.4. The molecule has 0 unspecified atom stereocenters. The van der Waals surface area contributed by atoms with Crippen LogP contribution in [0, 0.1) is 0 Å². The summed E-state index contributed by atoms with van der Waals surface area (Å²) in [6.45, 7) is 4.02. The first-order chi connectivity index (χ1) is 7.91.